The highest BCUT2D eigenvalue weighted by molar-refractivity contribution is 7.17. The fourth-order valence-electron chi connectivity index (χ4n) is 1.78. The number of rotatable bonds is 3. The van der Waals surface area contributed by atoms with Gasteiger partial charge >= 0.3 is 5.00 Å². The molecule has 1 aliphatic rings. The number of nitrogens with one attached hydrogen (secondary N) is 2. The van der Waals surface area contributed by atoms with E-state index in [0.29, 0.717) is 4.88 Å². The second-order valence-corrected chi connectivity index (χ2v) is 4.97. The number of carbonyl (C=O) groups excluding carboxylic acids is 1. The minimum Gasteiger partial charge on any atom is -0.347 e. The fraction of sp³-hybridized carbons (Fsp3) is 0.500. The third kappa shape index (κ3) is 3.01. The zero-order valence-corrected chi connectivity index (χ0v) is 9.96. The van der Waals surface area contributed by atoms with Crippen LogP contribution in [-0.2, 0) is 0 Å². The van der Waals surface area contributed by atoms with E-state index < -0.39 is 4.92 Å². The van der Waals surface area contributed by atoms with E-state index in [1.165, 1.54) is 12.1 Å². The third-order valence-corrected chi connectivity index (χ3v) is 3.66. The Morgan fingerprint density at radius 1 is 1.59 bits per heavy atom. The van der Waals surface area contributed by atoms with Crippen LogP contribution in [-0.4, -0.2) is 30.0 Å². The quantitative estimate of drug-likeness (QED) is 0.626. The second-order valence-electron chi connectivity index (χ2n) is 3.91. The molecule has 0 aliphatic carbocycles. The van der Waals surface area contributed by atoms with E-state index in [4.69, 9.17) is 0 Å². The van der Waals surface area contributed by atoms with Gasteiger partial charge in [0, 0.05) is 18.7 Å². The van der Waals surface area contributed by atoms with Crippen molar-refractivity contribution in [2.75, 3.05) is 13.1 Å². The Kier molecular flexibility index (Phi) is 3.70. The van der Waals surface area contributed by atoms with Gasteiger partial charge in [-0.15, -0.1) is 0 Å². The highest BCUT2D eigenvalue weighted by Gasteiger charge is 2.19. The first-order valence-corrected chi connectivity index (χ1v) is 6.24. The van der Waals surface area contributed by atoms with Crippen LogP contribution in [0.25, 0.3) is 0 Å². The van der Waals surface area contributed by atoms with Crippen LogP contribution in [0.3, 0.4) is 0 Å². The van der Waals surface area contributed by atoms with Crippen LogP contribution in [0, 0.1) is 10.1 Å². The molecule has 17 heavy (non-hydrogen) atoms. The van der Waals surface area contributed by atoms with Crippen molar-refractivity contribution in [3.8, 4) is 0 Å². The van der Waals surface area contributed by atoms with Crippen molar-refractivity contribution in [3.05, 3.63) is 27.1 Å². The number of carbonyl (C=O) groups is 1. The molecule has 2 heterocycles. The maximum atomic E-state index is 11.8. The molecule has 1 amide bonds. The highest BCUT2D eigenvalue weighted by atomic mass is 32.1. The molecule has 0 aromatic carbocycles. The molecule has 0 bridgehead atoms. The van der Waals surface area contributed by atoms with Crippen molar-refractivity contribution in [3.63, 3.8) is 0 Å². The average molecular weight is 255 g/mol. The van der Waals surface area contributed by atoms with Crippen molar-refractivity contribution in [2.24, 2.45) is 0 Å². The lowest BCUT2D eigenvalue weighted by molar-refractivity contribution is -0.380. The van der Waals surface area contributed by atoms with Crippen LogP contribution >= 0.6 is 11.3 Å². The Morgan fingerprint density at radius 3 is 3.00 bits per heavy atom. The Labute approximate surface area is 102 Å². The van der Waals surface area contributed by atoms with Crippen molar-refractivity contribution in [1.29, 1.82) is 0 Å². The maximum Gasteiger partial charge on any atom is 0.324 e. The molecule has 7 heteroatoms. The molecule has 0 saturated carbocycles. The summed E-state index contributed by atoms with van der Waals surface area (Å²) in [5.74, 6) is -0.225. The van der Waals surface area contributed by atoms with E-state index in [1.807, 2.05) is 0 Å². The number of hydrogen-bond donors (Lipinski definition) is 2. The van der Waals surface area contributed by atoms with Crippen LogP contribution < -0.4 is 10.6 Å². The largest absolute Gasteiger partial charge is 0.347 e. The predicted octanol–water partition coefficient (Wildman–Crippen LogP) is 1.14. The lowest BCUT2D eigenvalue weighted by Crippen LogP contribution is -2.45. The van der Waals surface area contributed by atoms with Crippen molar-refractivity contribution < 1.29 is 9.72 Å². The third-order valence-electron chi connectivity index (χ3n) is 2.63. The van der Waals surface area contributed by atoms with Gasteiger partial charge in [0.1, 0.15) is 0 Å². The van der Waals surface area contributed by atoms with Crippen LogP contribution in [0.5, 0.6) is 0 Å². The summed E-state index contributed by atoms with van der Waals surface area (Å²) in [5.41, 5.74) is 0. The molecule has 1 atom stereocenters. The normalized spacial score (nSPS) is 19.9. The molecule has 1 aromatic heterocycles. The Bertz CT molecular complexity index is 426. The lowest BCUT2D eigenvalue weighted by atomic mass is 10.1. The Morgan fingerprint density at radius 2 is 2.41 bits per heavy atom. The van der Waals surface area contributed by atoms with E-state index in [1.54, 1.807) is 0 Å². The fourth-order valence-corrected chi connectivity index (χ4v) is 2.50. The molecule has 1 aromatic rings. The van der Waals surface area contributed by atoms with Gasteiger partial charge < -0.3 is 10.6 Å². The van der Waals surface area contributed by atoms with Crippen LogP contribution in [0.1, 0.15) is 22.5 Å². The standard InChI is InChI=1S/C10H13N3O3S/c14-10(12-7-2-1-5-11-6-7)8-3-4-9(17-8)13(15)16/h3-4,7,11H,1-2,5-6H2,(H,12,14)/t7-/m0/s1. The molecule has 0 radical (unpaired) electrons. The number of nitrogens with zero attached hydrogens (tertiary/aromatic N) is 1. The van der Waals surface area contributed by atoms with E-state index in [2.05, 4.69) is 10.6 Å². The molecule has 0 spiro atoms. The summed E-state index contributed by atoms with van der Waals surface area (Å²) in [5, 5.41) is 16.6. The summed E-state index contributed by atoms with van der Waals surface area (Å²) >= 11 is 0.906. The van der Waals surface area contributed by atoms with E-state index in [0.717, 1.165) is 37.3 Å². The predicted molar refractivity (Wildman–Crippen MR) is 64.3 cm³/mol. The lowest BCUT2D eigenvalue weighted by Gasteiger charge is -2.23. The van der Waals surface area contributed by atoms with E-state index in [-0.39, 0.29) is 17.0 Å². The van der Waals surface area contributed by atoms with Crippen LogP contribution in [0.2, 0.25) is 0 Å². The number of amides is 1. The molecular formula is C10H13N3O3S. The van der Waals surface area contributed by atoms with Gasteiger partial charge in [0.25, 0.3) is 5.91 Å². The smallest absolute Gasteiger partial charge is 0.324 e. The second kappa shape index (κ2) is 5.24. The minimum atomic E-state index is -0.483. The zero-order chi connectivity index (χ0) is 12.3. The maximum absolute atomic E-state index is 11.8. The number of hydrogen-bond acceptors (Lipinski definition) is 5. The van der Waals surface area contributed by atoms with Crippen molar-refractivity contribution in [2.45, 2.75) is 18.9 Å². The molecule has 92 valence electrons. The topological polar surface area (TPSA) is 84.3 Å². The van der Waals surface area contributed by atoms with Crippen LogP contribution in [0.4, 0.5) is 5.00 Å². The Hall–Kier alpha value is -1.47. The highest BCUT2D eigenvalue weighted by Crippen LogP contribution is 2.23. The molecular weight excluding hydrogens is 242 g/mol. The van der Waals surface area contributed by atoms with E-state index in [9.17, 15) is 14.9 Å². The van der Waals surface area contributed by atoms with Gasteiger partial charge in [0.2, 0.25) is 0 Å². The van der Waals surface area contributed by atoms with Gasteiger partial charge in [0.05, 0.1) is 9.80 Å². The average Bonchev–Trinajstić information content (AvgIpc) is 2.79. The summed E-state index contributed by atoms with van der Waals surface area (Å²) in [7, 11) is 0. The summed E-state index contributed by atoms with van der Waals surface area (Å²) in [6.07, 6.45) is 1.99. The molecule has 1 aliphatic heterocycles. The first-order valence-electron chi connectivity index (χ1n) is 5.42. The number of nitro groups is 1. The van der Waals surface area contributed by atoms with Crippen molar-refractivity contribution in [1.82, 2.24) is 10.6 Å². The summed E-state index contributed by atoms with van der Waals surface area (Å²) in [6, 6.07) is 2.98. The van der Waals surface area contributed by atoms with Gasteiger partial charge in [-0.1, -0.05) is 11.3 Å². The van der Waals surface area contributed by atoms with Gasteiger partial charge in [-0.25, -0.2) is 0 Å². The SMILES string of the molecule is O=C(N[C@H]1CCCNC1)c1ccc([N+](=O)[O-])s1. The number of thiophene rings is 1. The first kappa shape index (κ1) is 12.0. The molecule has 6 nitrogen and oxygen atoms in total. The summed E-state index contributed by atoms with van der Waals surface area (Å²) in [4.78, 5) is 22.2. The first-order chi connectivity index (χ1) is 8.16. The Balaban J connectivity index is 1.96. The minimum absolute atomic E-state index is 0.00285. The zero-order valence-electron chi connectivity index (χ0n) is 9.14. The van der Waals surface area contributed by atoms with Gasteiger partial charge in [-0.3, -0.25) is 14.9 Å². The molecule has 1 saturated heterocycles. The van der Waals surface area contributed by atoms with E-state index >= 15 is 0 Å². The number of piperidine rings is 1. The van der Waals surface area contributed by atoms with Crippen LogP contribution in [0.15, 0.2) is 12.1 Å². The molecule has 2 N–H and O–H groups in total. The summed E-state index contributed by atoms with van der Waals surface area (Å²) < 4.78 is 0. The van der Waals surface area contributed by atoms with Crippen molar-refractivity contribution >= 4 is 22.2 Å². The molecule has 1 fully saturated rings. The van der Waals surface area contributed by atoms with Gasteiger partial charge in [0.15, 0.2) is 0 Å². The molecule has 0 unspecified atom stereocenters. The summed E-state index contributed by atoms with van der Waals surface area (Å²) in [6.45, 7) is 1.75. The van der Waals surface area contributed by atoms with Gasteiger partial charge in [-0.05, 0) is 25.5 Å². The molecule has 2 rings (SSSR count). The monoisotopic (exact) mass is 255 g/mol. The van der Waals surface area contributed by atoms with Gasteiger partial charge in [-0.2, -0.15) is 0 Å².